The zero-order valence-electron chi connectivity index (χ0n) is 19.6. The number of halogens is 1. The predicted molar refractivity (Wildman–Crippen MR) is 137 cm³/mol. The second-order valence-electron chi connectivity index (χ2n) is 7.21. The van der Waals surface area contributed by atoms with Crippen molar-refractivity contribution in [3.8, 4) is 28.7 Å². The van der Waals surface area contributed by atoms with E-state index in [1.807, 2.05) is 26.0 Å². The molecule has 1 aromatic heterocycles. The number of hydrogen-bond donors (Lipinski definition) is 1. The van der Waals surface area contributed by atoms with Gasteiger partial charge >= 0.3 is 5.97 Å². The summed E-state index contributed by atoms with van der Waals surface area (Å²) in [5.74, 6) is -0.241. The van der Waals surface area contributed by atoms with Crippen LogP contribution >= 0.6 is 22.9 Å². The van der Waals surface area contributed by atoms with E-state index in [1.165, 1.54) is 31.6 Å². The molecule has 0 aliphatic heterocycles. The number of benzene rings is 2. The summed E-state index contributed by atoms with van der Waals surface area (Å²) in [5, 5.41) is 13.1. The van der Waals surface area contributed by atoms with Crippen LogP contribution < -0.4 is 14.8 Å². The number of amides is 1. The lowest BCUT2D eigenvalue weighted by Gasteiger charge is -2.10. The number of rotatable bonds is 8. The van der Waals surface area contributed by atoms with Gasteiger partial charge in [-0.1, -0.05) is 29.8 Å². The average molecular weight is 511 g/mol. The number of anilines is 1. The van der Waals surface area contributed by atoms with Crippen LogP contribution in [-0.2, 0) is 9.53 Å². The fourth-order valence-corrected chi connectivity index (χ4v) is 4.71. The van der Waals surface area contributed by atoms with Crippen LogP contribution in [0.1, 0.15) is 27.7 Å². The van der Waals surface area contributed by atoms with Crippen LogP contribution in [0, 0.1) is 18.3 Å². The van der Waals surface area contributed by atoms with E-state index in [0.29, 0.717) is 39.8 Å². The second-order valence-corrected chi connectivity index (χ2v) is 8.87. The second kappa shape index (κ2) is 11.6. The van der Waals surface area contributed by atoms with Crippen molar-refractivity contribution in [1.82, 2.24) is 0 Å². The number of ether oxygens (including phenoxy) is 3. The van der Waals surface area contributed by atoms with E-state index in [1.54, 1.807) is 36.4 Å². The maximum atomic E-state index is 13.0. The number of carbonyl (C=O) groups excluding carboxylic acids is 2. The van der Waals surface area contributed by atoms with Crippen molar-refractivity contribution in [2.24, 2.45) is 0 Å². The Balaban J connectivity index is 1.99. The molecule has 0 unspecified atom stereocenters. The quantitative estimate of drug-likeness (QED) is 0.223. The lowest BCUT2D eigenvalue weighted by Crippen LogP contribution is -2.15. The molecule has 2 aromatic carbocycles. The Morgan fingerprint density at radius 2 is 1.94 bits per heavy atom. The molecule has 0 spiro atoms. The van der Waals surface area contributed by atoms with Crippen molar-refractivity contribution in [3.05, 3.63) is 69.1 Å². The molecule has 3 rings (SSSR count). The molecule has 0 aliphatic rings. The van der Waals surface area contributed by atoms with Crippen LogP contribution in [0.3, 0.4) is 0 Å². The van der Waals surface area contributed by atoms with Gasteiger partial charge in [0.2, 0.25) is 0 Å². The summed E-state index contributed by atoms with van der Waals surface area (Å²) in [4.78, 5) is 26.5. The first-order chi connectivity index (χ1) is 16.8. The van der Waals surface area contributed by atoms with Crippen molar-refractivity contribution < 1.29 is 23.8 Å². The number of thiophene rings is 1. The number of aryl methyl sites for hydroxylation is 1. The molecule has 0 aliphatic carbocycles. The van der Waals surface area contributed by atoms with Crippen LogP contribution in [0.15, 0.2) is 48.0 Å². The first-order valence-corrected chi connectivity index (χ1v) is 11.7. The number of esters is 1. The zero-order chi connectivity index (χ0) is 25.5. The van der Waals surface area contributed by atoms with Crippen molar-refractivity contribution in [3.63, 3.8) is 0 Å². The van der Waals surface area contributed by atoms with Gasteiger partial charge in [-0.2, -0.15) is 5.26 Å². The average Bonchev–Trinajstić information content (AvgIpc) is 3.18. The Labute approximate surface area is 212 Å². The van der Waals surface area contributed by atoms with Crippen molar-refractivity contribution >= 4 is 45.9 Å². The summed E-state index contributed by atoms with van der Waals surface area (Å²) in [5.41, 5.74) is 1.95. The normalized spacial score (nSPS) is 10.9. The van der Waals surface area contributed by atoms with Gasteiger partial charge in [-0.25, -0.2) is 4.79 Å². The minimum Gasteiger partial charge on any atom is -0.493 e. The molecule has 0 bridgehead atoms. The van der Waals surface area contributed by atoms with Crippen LogP contribution in [0.25, 0.3) is 17.2 Å². The lowest BCUT2D eigenvalue weighted by molar-refractivity contribution is -0.112. The fourth-order valence-electron chi connectivity index (χ4n) is 3.46. The molecule has 35 heavy (non-hydrogen) atoms. The van der Waals surface area contributed by atoms with Crippen LogP contribution in [0.2, 0.25) is 5.02 Å². The third-order valence-electron chi connectivity index (χ3n) is 4.98. The number of nitriles is 1. The van der Waals surface area contributed by atoms with E-state index in [9.17, 15) is 14.9 Å². The van der Waals surface area contributed by atoms with Gasteiger partial charge < -0.3 is 19.5 Å². The van der Waals surface area contributed by atoms with Gasteiger partial charge in [-0.3, -0.25) is 4.79 Å². The van der Waals surface area contributed by atoms with Crippen LogP contribution in [0.5, 0.6) is 11.5 Å². The molecular weight excluding hydrogens is 488 g/mol. The van der Waals surface area contributed by atoms with Crippen LogP contribution in [-0.4, -0.2) is 32.7 Å². The predicted octanol–water partition coefficient (Wildman–Crippen LogP) is 6.12. The summed E-state index contributed by atoms with van der Waals surface area (Å²) >= 11 is 7.36. The van der Waals surface area contributed by atoms with E-state index in [0.717, 1.165) is 4.88 Å². The number of methoxy groups -OCH3 is 2. The molecule has 180 valence electrons. The maximum Gasteiger partial charge on any atom is 0.341 e. The molecular formula is C26H23ClN2O5S. The molecule has 0 atom stereocenters. The Kier molecular flexibility index (Phi) is 8.53. The Morgan fingerprint density at radius 1 is 1.17 bits per heavy atom. The Morgan fingerprint density at radius 3 is 2.57 bits per heavy atom. The molecule has 0 saturated heterocycles. The summed E-state index contributed by atoms with van der Waals surface area (Å²) in [6, 6.07) is 14.1. The maximum absolute atomic E-state index is 13.0. The molecule has 9 heteroatoms. The van der Waals surface area contributed by atoms with E-state index >= 15 is 0 Å². The highest BCUT2D eigenvalue weighted by molar-refractivity contribution is 7.17. The smallest absolute Gasteiger partial charge is 0.341 e. The minimum absolute atomic E-state index is 0.151. The highest BCUT2D eigenvalue weighted by Gasteiger charge is 2.26. The summed E-state index contributed by atoms with van der Waals surface area (Å²) in [6.45, 7) is 4.16. The number of hydrogen-bond acceptors (Lipinski definition) is 7. The highest BCUT2D eigenvalue weighted by Crippen LogP contribution is 2.41. The third-order valence-corrected chi connectivity index (χ3v) is 6.23. The van der Waals surface area contributed by atoms with E-state index in [2.05, 4.69) is 5.32 Å². The van der Waals surface area contributed by atoms with Gasteiger partial charge in [0.25, 0.3) is 5.91 Å². The van der Waals surface area contributed by atoms with E-state index in [4.69, 9.17) is 25.8 Å². The molecule has 1 heterocycles. The first kappa shape index (κ1) is 25.8. The van der Waals surface area contributed by atoms with Gasteiger partial charge in [0.05, 0.1) is 20.8 Å². The van der Waals surface area contributed by atoms with Crippen molar-refractivity contribution in [2.75, 3.05) is 26.1 Å². The summed E-state index contributed by atoms with van der Waals surface area (Å²) in [6.07, 6.45) is 1.43. The first-order valence-electron chi connectivity index (χ1n) is 10.5. The van der Waals surface area contributed by atoms with Gasteiger partial charge in [-0.15, -0.1) is 11.3 Å². The highest BCUT2D eigenvalue weighted by atomic mass is 35.5. The third kappa shape index (κ3) is 5.83. The molecule has 7 nitrogen and oxygen atoms in total. The van der Waals surface area contributed by atoms with E-state index < -0.39 is 11.9 Å². The molecule has 3 aromatic rings. The number of carbonyl (C=O) groups is 2. The van der Waals surface area contributed by atoms with Crippen molar-refractivity contribution in [2.45, 2.75) is 13.8 Å². The molecule has 0 saturated carbocycles. The van der Waals surface area contributed by atoms with Gasteiger partial charge in [0.15, 0.2) is 11.5 Å². The Bertz CT molecular complexity index is 1340. The number of nitrogens with one attached hydrogen (secondary N) is 1. The topological polar surface area (TPSA) is 97.7 Å². The van der Waals surface area contributed by atoms with Crippen molar-refractivity contribution in [1.29, 1.82) is 5.26 Å². The standard InChI is InChI=1S/C26H23ClN2O5S/c1-5-34-20-10-9-16(12-21(20)32-3)11-18(14-28)24(30)29-25-23(26(31)33-4)22(15(2)35-25)17-7-6-8-19(27)13-17/h6-13H,5H2,1-4H3,(H,29,30)/b18-11+. The minimum atomic E-state index is -0.663. The monoisotopic (exact) mass is 510 g/mol. The van der Waals surface area contributed by atoms with Gasteiger partial charge in [0.1, 0.15) is 22.2 Å². The Hall–Kier alpha value is -3.80. The number of nitrogens with zero attached hydrogens (tertiary/aromatic N) is 1. The van der Waals surface area contributed by atoms with Crippen LogP contribution in [0.4, 0.5) is 5.00 Å². The zero-order valence-corrected chi connectivity index (χ0v) is 21.2. The molecule has 0 fully saturated rings. The summed E-state index contributed by atoms with van der Waals surface area (Å²) < 4.78 is 15.8. The fraction of sp³-hybridized carbons (Fsp3) is 0.192. The lowest BCUT2D eigenvalue weighted by atomic mass is 10.0. The molecule has 0 radical (unpaired) electrons. The van der Waals surface area contributed by atoms with Gasteiger partial charge in [-0.05, 0) is 55.3 Å². The largest absolute Gasteiger partial charge is 0.493 e. The molecule has 1 N–H and O–H groups in total. The van der Waals surface area contributed by atoms with Gasteiger partial charge in [0, 0.05) is 15.5 Å². The van der Waals surface area contributed by atoms with E-state index in [-0.39, 0.29) is 16.1 Å². The summed E-state index contributed by atoms with van der Waals surface area (Å²) in [7, 11) is 2.77. The SMILES string of the molecule is CCOc1ccc(/C=C(\C#N)C(=O)Nc2sc(C)c(-c3cccc(Cl)c3)c2C(=O)OC)cc1OC. The molecule has 1 amide bonds.